The Kier molecular flexibility index (Phi) is 5.92. The number of nitro groups is 1. The smallest absolute Gasteiger partial charge is 0.270 e. The molecule has 3 N–H and O–H groups in total. The summed E-state index contributed by atoms with van der Waals surface area (Å²) in [5.41, 5.74) is 5.91. The molecule has 0 saturated carbocycles. The number of aliphatic hydroxyl groups is 1. The normalized spacial score (nSPS) is 10.3. The van der Waals surface area contributed by atoms with Crippen molar-refractivity contribution in [1.82, 2.24) is 4.90 Å². The summed E-state index contributed by atoms with van der Waals surface area (Å²) >= 11 is 0. The number of benzene rings is 1. The minimum Gasteiger partial charge on any atom is -0.398 e. The lowest BCUT2D eigenvalue weighted by Crippen LogP contribution is -2.28. The van der Waals surface area contributed by atoms with Gasteiger partial charge in [-0.25, -0.2) is 0 Å². The van der Waals surface area contributed by atoms with E-state index in [1.807, 2.05) is 0 Å². The van der Waals surface area contributed by atoms with Crippen LogP contribution in [0, 0.1) is 10.1 Å². The molecule has 0 heterocycles. The van der Waals surface area contributed by atoms with Gasteiger partial charge < -0.3 is 15.7 Å². The predicted molar refractivity (Wildman–Crippen MR) is 75.4 cm³/mol. The van der Waals surface area contributed by atoms with Gasteiger partial charge in [-0.05, 0) is 25.3 Å². The van der Waals surface area contributed by atoms with Crippen molar-refractivity contribution in [1.29, 1.82) is 0 Å². The zero-order chi connectivity index (χ0) is 15.1. The van der Waals surface area contributed by atoms with Gasteiger partial charge in [-0.15, -0.1) is 0 Å². The summed E-state index contributed by atoms with van der Waals surface area (Å²) < 4.78 is 0. The maximum atomic E-state index is 12.2. The number of hydrogen-bond donors (Lipinski definition) is 2. The summed E-state index contributed by atoms with van der Waals surface area (Å²) in [4.78, 5) is 23.8. The van der Waals surface area contributed by atoms with Gasteiger partial charge in [0.2, 0.25) is 0 Å². The average molecular weight is 281 g/mol. The van der Waals surface area contributed by atoms with Gasteiger partial charge in [0, 0.05) is 38.0 Å². The highest BCUT2D eigenvalue weighted by Gasteiger charge is 2.18. The van der Waals surface area contributed by atoms with Gasteiger partial charge in [0.15, 0.2) is 0 Å². The molecule has 7 heteroatoms. The minimum absolute atomic E-state index is 0.134. The van der Waals surface area contributed by atoms with Crippen LogP contribution in [0.3, 0.4) is 0 Å². The van der Waals surface area contributed by atoms with Crippen molar-refractivity contribution >= 4 is 17.3 Å². The van der Waals surface area contributed by atoms with Gasteiger partial charge in [0.1, 0.15) is 0 Å². The molecule has 0 saturated heterocycles. The van der Waals surface area contributed by atoms with Crippen LogP contribution in [0.15, 0.2) is 18.2 Å². The highest BCUT2D eigenvalue weighted by Crippen LogP contribution is 2.21. The first-order valence-electron chi connectivity index (χ1n) is 6.37. The number of carbonyl (C=O) groups excluding carboxylic acids is 1. The molecular weight excluding hydrogens is 262 g/mol. The first kappa shape index (κ1) is 15.9. The number of hydrogen-bond acceptors (Lipinski definition) is 5. The molecule has 0 aliphatic rings. The molecule has 1 aromatic rings. The molecule has 0 aromatic heterocycles. The lowest BCUT2D eigenvalue weighted by atomic mass is 10.1. The lowest BCUT2D eigenvalue weighted by Gasteiger charge is -2.18. The fourth-order valence-electron chi connectivity index (χ4n) is 1.79. The van der Waals surface area contributed by atoms with Gasteiger partial charge in [-0.3, -0.25) is 14.9 Å². The Morgan fingerprint density at radius 1 is 1.40 bits per heavy atom. The zero-order valence-electron chi connectivity index (χ0n) is 11.4. The van der Waals surface area contributed by atoms with E-state index in [0.717, 1.165) is 12.8 Å². The van der Waals surface area contributed by atoms with Crippen LogP contribution in [-0.4, -0.2) is 41.0 Å². The molecule has 1 aromatic carbocycles. The number of nitro benzene ring substituents is 1. The van der Waals surface area contributed by atoms with Crippen molar-refractivity contribution < 1.29 is 14.8 Å². The van der Waals surface area contributed by atoms with Crippen LogP contribution in [0.1, 0.15) is 29.6 Å². The van der Waals surface area contributed by atoms with E-state index >= 15 is 0 Å². The topological polar surface area (TPSA) is 110 Å². The average Bonchev–Trinajstić information content (AvgIpc) is 2.42. The number of nitrogens with zero attached hydrogens (tertiary/aromatic N) is 2. The summed E-state index contributed by atoms with van der Waals surface area (Å²) in [5.74, 6) is -0.338. The van der Waals surface area contributed by atoms with Crippen molar-refractivity contribution in [2.75, 3.05) is 25.9 Å². The monoisotopic (exact) mass is 281 g/mol. The number of aliphatic hydroxyl groups excluding tert-OH is 1. The van der Waals surface area contributed by atoms with Gasteiger partial charge >= 0.3 is 0 Å². The van der Waals surface area contributed by atoms with Crippen LogP contribution in [0.4, 0.5) is 11.4 Å². The Hall–Kier alpha value is -2.15. The van der Waals surface area contributed by atoms with Gasteiger partial charge in [0.25, 0.3) is 11.6 Å². The van der Waals surface area contributed by atoms with Crippen LogP contribution in [-0.2, 0) is 0 Å². The molecule has 0 aliphatic carbocycles. The Balaban J connectivity index is 2.75. The summed E-state index contributed by atoms with van der Waals surface area (Å²) in [6, 6.07) is 3.83. The van der Waals surface area contributed by atoms with Crippen LogP contribution < -0.4 is 5.73 Å². The molecule has 110 valence electrons. The number of nitrogen functional groups attached to an aromatic ring is 1. The van der Waals surface area contributed by atoms with E-state index in [1.54, 1.807) is 7.05 Å². The van der Waals surface area contributed by atoms with Crippen molar-refractivity contribution in [2.24, 2.45) is 0 Å². The molecule has 1 rings (SSSR count). The van der Waals surface area contributed by atoms with Crippen molar-refractivity contribution in [3.8, 4) is 0 Å². The number of anilines is 1. The third-order valence-corrected chi connectivity index (χ3v) is 2.98. The van der Waals surface area contributed by atoms with Gasteiger partial charge in [-0.2, -0.15) is 0 Å². The fourth-order valence-corrected chi connectivity index (χ4v) is 1.79. The quantitative estimate of drug-likeness (QED) is 0.340. The Labute approximate surface area is 117 Å². The van der Waals surface area contributed by atoms with Crippen LogP contribution in [0.2, 0.25) is 0 Å². The molecular formula is C13H19N3O4. The van der Waals surface area contributed by atoms with E-state index in [0.29, 0.717) is 13.0 Å². The van der Waals surface area contributed by atoms with Crippen molar-refractivity contribution in [3.05, 3.63) is 33.9 Å². The maximum absolute atomic E-state index is 12.2. The van der Waals surface area contributed by atoms with E-state index in [-0.39, 0.29) is 29.5 Å². The van der Waals surface area contributed by atoms with Crippen molar-refractivity contribution in [3.63, 3.8) is 0 Å². The zero-order valence-corrected chi connectivity index (χ0v) is 11.4. The van der Waals surface area contributed by atoms with Crippen LogP contribution >= 0.6 is 0 Å². The van der Waals surface area contributed by atoms with Gasteiger partial charge in [0.05, 0.1) is 10.5 Å². The number of carbonyl (C=O) groups is 1. The summed E-state index contributed by atoms with van der Waals surface area (Å²) in [5, 5.41) is 19.4. The van der Waals surface area contributed by atoms with Gasteiger partial charge in [-0.1, -0.05) is 0 Å². The number of unbranched alkanes of at least 4 members (excludes halogenated alkanes) is 2. The number of nitrogens with two attached hydrogens (primary N) is 1. The fraction of sp³-hybridized carbons (Fsp3) is 0.462. The molecule has 0 bridgehead atoms. The maximum Gasteiger partial charge on any atom is 0.270 e. The highest BCUT2D eigenvalue weighted by molar-refractivity contribution is 5.99. The third-order valence-electron chi connectivity index (χ3n) is 2.98. The first-order chi connectivity index (χ1) is 9.47. The van der Waals surface area contributed by atoms with Crippen LogP contribution in [0.5, 0.6) is 0 Å². The third kappa shape index (κ3) is 4.20. The Morgan fingerprint density at radius 2 is 2.10 bits per heavy atom. The molecule has 7 nitrogen and oxygen atoms in total. The van der Waals surface area contributed by atoms with Crippen LogP contribution in [0.25, 0.3) is 0 Å². The van der Waals surface area contributed by atoms with E-state index in [4.69, 9.17) is 10.8 Å². The van der Waals surface area contributed by atoms with E-state index in [1.165, 1.54) is 23.1 Å². The first-order valence-corrected chi connectivity index (χ1v) is 6.37. The molecule has 20 heavy (non-hydrogen) atoms. The number of rotatable bonds is 7. The molecule has 1 amide bonds. The molecule has 0 spiro atoms. The standard InChI is InChI=1S/C13H19N3O4/c1-15(7-3-2-4-8-17)13(18)11-9-10(16(19)20)5-6-12(11)14/h5-6,9,17H,2-4,7-8,14H2,1H3. The second-order valence-electron chi connectivity index (χ2n) is 4.54. The highest BCUT2D eigenvalue weighted by atomic mass is 16.6. The Bertz CT molecular complexity index is 491. The minimum atomic E-state index is -0.558. The summed E-state index contributed by atoms with van der Waals surface area (Å²) in [6.07, 6.45) is 2.27. The molecule has 0 unspecified atom stereocenters. The molecule has 0 radical (unpaired) electrons. The summed E-state index contributed by atoms with van der Waals surface area (Å²) in [7, 11) is 1.62. The molecule has 0 aliphatic heterocycles. The molecule has 0 fully saturated rings. The largest absolute Gasteiger partial charge is 0.398 e. The SMILES string of the molecule is CN(CCCCCO)C(=O)c1cc([N+](=O)[O-])ccc1N. The number of amides is 1. The Morgan fingerprint density at radius 3 is 2.70 bits per heavy atom. The van der Waals surface area contributed by atoms with Crippen molar-refractivity contribution in [2.45, 2.75) is 19.3 Å². The lowest BCUT2D eigenvalue weighted by molar-refractivity contribution is -0.384. The van der Waals surface area contributed by atoms with E-state index in [9.17, 15) is 14.9 Å². The van der Waals surface area contributed by atoms with E-state index < -0.39 is 4.92 Å². The van der Waals surface area contributed by atoms with E-state index in [2.05, 4.69) is 0 Å². The molecule has 0 atom stereocenters. The predicted octanol–water partition coefficient (Wildman–Crippen LogP) is 1.41. The number of non-ortho nitro benzene ring substituents is 1. The second-order valence-corrected chi connectivity index (χ2v) is 4.54. The second kappa shape index (κ2) is 7.44. The summed E-state index contributed by atoms with van der Waals surface area (Å²) in [6.45, 7) is 0.649.